The molecule has 1 aromatic carbocycles. The minimum Gasteiger partial charge on any atom is -0.487 e. The van der Waals surface area contributed by atoms with E-state index in [-0.39, 0.29) is 0 Å². The van der Waals surface area contributed by atoms with Crippen LogP contribution in [0.5, 0.6) is 5.75 Å². The van der Waals surface area contributed by atoms with Crippen molar-refractivity contribution >= 4 is 0 Å². The number of ether oxygens (including phenoxy) is 1. The van der Waals surface area contributed by atoms with E-state index in [1.807, 2.05) is 30.3 Å². The summed E-state index contributed by atoms with van der Waals surface area (Å²) in [6.07, 6.45) is 1.78. The van der Waals surface area contributed by atoms with Gasteiger partial charge in [-0.2, -0.15) is 0 Å². The number of hydrogen-bond donors (Lipinski definition) is 1. The third-order valence-electron chi connectivity index (χ3n) is 2.75. The Morgan fingerprint density at radius 3 is 2.53 bits per heavy atom. The molecule has 0 unspecified atom stereocenters. The van der Waals surface area contributed by atoms with Crippen LogP contribution in [0.15, 0.2) is 48.7 Å². The van der Waals surface area contributed by atoms with Gasteiger partial charge in [-0.15, -0.1) is 0 Å². The zero-order valence-corrected chi connectivity index (χ0v) is 11.5. The van der Waals surface area contributed by atoms with Crippen molar-refractivity contribution in [1.82, 2.24) is 10.3 Å². The van der Waals surface area contributed by atoms with Gasteiger partial charge >= 0.3 is 0 Å². The van der Waals surface area contributed by atoms with E-state index in [0.29, 0.717) is 12.6 Å². The molecule has 0 radical (unpaired) electrons. The summed E-state index contributed by atoms with van der Waals surface area (Å²) in [5, 5.41) is 3.39. The fourth-order valence-corrected chi connectivity index (χ4v) is 1.67. The van der Waals surface area contributed by atoms with Crippen molar-refractivity contribution in [2.45, 2.75) is 33.0 Å². The smallest absolute Gasteiger partial charge is 0.130 e. The van der Waals surface area contributed by atoms with Gasteiger partial charge in [-0.05, 0) is 29.8 Å². The third-order valence-corrected chi connectivity index (χ3v) is 2.75. The van der Waals surface area contributed by atoms with E-state index >= 15 is 0 Å². The van der Waals surface area contributed by atoms with Gasteiger partial charge in [0.15, 0.2) is 0 Å². The first-order valence-electron chi connectivity index (χ1n) is 6.59. The maximum absolute atomic E-state index is 5.69. The van der Waals surface area contributed by atoms with Gasteiger partial charge in [-0.25, -0.2) is 0 Å². The van der Waals surface area contributed by atoms with Crippen LogP contribution in [0.1, 0.15) is 25.1 Å². The van der Waals surface area contributed by atoms with Crippen molar-refractivity contribution in [3.63, 3.8) is 0 Å². The van der Waals surface area contributed by atoms with Crippen LogP contribution in [0.25, 0.3) is 0 Å². The standard InChI is InChI=1S/C16H20N2O/c1-13(2)18-11-14-6-8-16(9-7-14)19-12-15-5-3-4-10-17-15/h3-10,13,18H,11-12H2,1-2H3. The number of nitrogens with zero attached hydrogens (tertiary/aromatic N) is 1. The second-order valence-electron chi connectivity index (χ2n) is 4.79. The third kappa shape index (κ3) is 4.72. The van der Waals surface area contributed by atoms with Crippen molar-refractivity contribution in [2.24, 2.45) is 0 Å². The summed E-state index contributed by atoms with van der Waals surface area (Å²) in [5.74, 6) is 0.874. The number of pyridine rings is 1. The number of benzene rings is 1. The molecule has 0 saturated heterocycles. The van der Waals surface area contributed by atoms with E-state index in [0.717, 1.165) is 18.0 Å². The molecule has 0 aliphatic carbocycles. The van der Waals surface area contributed by atoms with Crippen LogP contribution in [0.4, 0.5) is 0 Å². The SMILES string of the molecule is CC(C)NCc1ccc(OCc2ccccn2)cc1. The van der Waals surface area contributed by atoms with Gasteiger partial charge in [0.05, 0.1) is 5.69 Å². The first-order valence-corrected chi connectivity index (χ1v) is 6.59. The van der Waals surface area contributed by atoms with Crippen molar-refractivity contribution < 1.29 is 4.74 Å². The van der Waals surface area contributed by atoms with E-state index < -0.39 is 0 Å². The molecule has 1 heterocycles. The van der Waals surface area contributed by atoms with Gasteiger partial charge in [0.2, 0.25) is 0 Å². The predicted molar refractivity (Wildman–Crippen MR) is 77.0 cm³/mol. The molecular formula is C16H20N2O. The Morgan fingerprint density at radius 1 is 1.11 bits per heavy atom. The molecule has 0 fully saturated rings. The van der Waals surface area contributed by atoms with Gasteiger partial charge < -0.3 is 10.1 Å². The summed E-state index contributed by atoms with van der Waals surface area (Å²) in [7, 11) is 0. The molecule has 19 heavy (non-hydrogen) atoms. The van der Waals surface area contributed by atoms with Crippen LogP contribution in [-0.4, -0.2) is 11.0 Å². The summed E-state index contributed by atoms with van der Waals surface area (Å²) < 4.78 is 5.69. The van der Waals surface area contributed by atoms with Gasteiger partial charge in [0, 0.05) is 18.8 Å². The lowest BCUT2D eigenvalue weighted by atomic mass is 10.2. The average Bonchev–Trinajstić information content (AvgIpc) is 2.45. The molecule has 100 valence electrons. The highest BCUT2D eigenvalue weighted by molar-refractivity contribution is 5.27. The molecule has 0 spiro atoms. The lowest BCUT2D eigenvalue weighted by Crippen LogP contribution is -2.21. The Hall–Kier alpha value is -1.87. The lowest BCUT2D eigenvalue weighted by molar-refractivity contribution is 0.301. The largest absolute Gasteiger partial charge is 0.487 e. The maximum atomic E-state index is 5.69. The molecule has 2 aromatic rings. The molecule has 1 aromatic heterocycles. The van der Waals surface area contributed by atoms with Crippen molar-refractivity contribution in [3.05, 3.63) is 59.9 Å². The van der Waals surface area contributed by atoms with Crippen LogP contribution in [0.3, 0.4) is 0 Å². The monoisotopic (exact) mass is 256 g/mol. The van der Waals surface area contributed by atoms with Crippen molar-refractivity contribution in [2.75, 3.05) is 0 Å². The molecule has 0 atom stereocenters. The van der Waals surface area contributed by atoms with Crippen LogP contribution < -0.4 is 10.1 Å². The summed E-state index contributed by atoms with van der Waals surface area (Å²) in [4.78, 5) is 4.23. The number of nitrogens with one attached hydrogen (secondary N) is 1. The molecule has 0 aliphatic heterocycles. The molecule has 0 bridgehead atoms. The lowest BCUT2D eigenvalue weighted by Gasteiger charge is -2.09. The quantitative estimate of drug-likeness (QED) is 0.862. The van der Waals surface area contributed by atoms with E-state index in [1.54, 1.807) is 6.20 Å². The number of aromatic nitrogens is 1. The maximum Gasteiger partial charge on any atom is 0.130 e. The fraction of sp³-hybridized carbons (Fsp3) is 0.312. The normalized spacial score (nSPS) is 10.7. The van der Waals surface area contributed by atoms with Gasteiger partial charge in [-0.1, -0.05) is 32.0 Å². The fourth-order valence-electron chi connectivity index (χ4n) is 1.67. The minimum absolute atomic E-state index is 0.500. The Bertz CT molecular complexity index is 480. The Balaban J connectivity index is 1.85. The highest BCUT2D eigenvalue weighted by Gasteiger charge is 1.98. The van der Waals surface area contributed by atoms with Crippen LogP contribution >= 0.6 is 0 Å². The van der Waals surface area contributed by atoms with Crippen LogP contribution in [0, 0.1) is 0 Å². The van der Waals surface area contributed by atoms with Crippen molar-refractivity contribution in [3.8, 4) is 5.75 Å². The number of hydrogen-bond acceptors (Lipinski definition) is 3. The molecule has 0 amide bonds. The number of rotatable bonds is 6. The van der Waals surface area contributed by atoms with Gasteiger partial charge in [0.1, 0.15) is 12.4 Å². The average molecular weight is 256 g/mol. The minimum atomic E-state index is 0.500. The molecule has 3 nitrogen and oxygen atoms in total. The van der Waals surface area contributed by atoms with Crippen molar-refractivity contribution in [1.29, 1.82) is 0 Å². The Labute approximate surface area is 114 Å². The highest BCUT2D eigenvalue weighted by Crippen LogP contribution is 2.13. The second kappa shape index (κ2) is 6.90. The summed E-state index contributed by atoms with van der Waals surface area (Å²) in [5.41, 5.74) is 2.20. The summed E-state index contributed by atoms with van der Waals surface area (Å²) in [6, 6.07) is 14.5. The predicted octanol–water partition coefficient (Wildman–Crippen LogP) is 3.16. The zero-order chi connectivity index (χ0) is 13.5. The summed E-state index contributed by atoms with van der Waals surface area (Å²) in [6.45, 7) is 5.68. The Morgan fingerprint density at radius 2 is 1.89 bits per heavy atom. The van der Waals surface area contributed by atoms with E-state index in [4.69, 9.17) is 4.74 Å². The first kappa shape index (κ1) is 13.6. The first-order chi connectivity index (χ1) is 9.24. The molecule has 1 N–H and O–H groups in total. The topological polar surface area (TPSA) is 34.1 Å². The van der Waals surface area contributed by atoms with Gasteiger partial charge in [-0.3, -0.25) is 4.98 Å². The molecule has 2 rings (SSSR count). The van der Waals surface area contributed by atoms with Crippen LogP contribution in [0.2, 0.25) is 0 Å². The summed E-state index contributed by atoms with van der Waals surface area (Å²) >= 11 is 0. The highest BCUT2D eigenvalue weighted by atomic mass is 16.5. The molecule has 0 saturated carbocycles. The van der Waals surface area contributed by atoms with Gasteiger partial charge in [0.25, 0.3) is 0 Å². The zero-order valence-electron chi connectivity index (χ0n) is 11.5. The van der Waals surface area contributed by atoms with E-state index in [2.05, 4.69) is 36.3 Å². The Kier molecular flexibility index (Phi) is 4.93. The molecule has 3 heteroatoms. The van der Waals surface area contributed by atoms with Crippen LogP contribution in [-0.2, 0) is 13.2 Å². The molecule has 0 aliphatic rings. The second-order valence-corrected chi connectivity index (χ2v) is 4.79. The van der Waals surface area contributed by atoms with E-state index in [9.17, 15) is 0 Å². The molecular weight excluding hydrogens is 236 g/mol. The van der Waals surface area contributed by atoms with E-state index in [1.165, 1.54) is 5.56 Å².